The zero-order valence-corrected chi connectivity index (χ0v) is 19.2. The van der Waals surface area contributed by atoms with Crippen molar-refractivity contribution in [1.29, 1.82) is 0 Å². The number of amidine groups is 1. The molecule has 0 aromatic heterocycles. The smallest absolute Gasteiger partial charge is 0.270 e. The van der Waals surface area contributed by atoms with Crippen LogP contribution in [-0.2, 0) is 10.2 Å². The molecule has 2 unspecified atom stereocenters. The summed E-state index contributed by atoms with van der Waals surface area (Å²) in [4.78, 5) is 4.17. The third-order valence-corrected chi connectivity index (χ3v) is 7.29. The van der Waals surface area contributed by atoms with Crippen LogP contribution in [0.15, 0.2) is 64.7 Å². The number of nitrogens with zero attached hydrogens (tertiary/aromatic N) is 4. The van der Waals surface area contributed by atoms with E-state index in [1.807, 2.05) is 47.5 Å². The summed E-state index contributed by atoms with van der Waals surface area (Å²) in [5.41, 5.74) is 2.37. The van der Waals surface area contributed by atoms with Gasteiger partial charge in [0.1, 0.15) is 11.9 Å². The number of halogens is 2. The lowest BCUT2D eigenvalue weighted by Crippen LogP contribution is -2.49. The Labute approximate surface area is 192 Å². The Balaban J connectivity index is 1.62. The highest BCUT2D eigenvalue weighted by Gasteiger charge is 2.35. The van der Waals surface area contributed by atoms with E-state index in [4.69, 9.17) is 16.7 Å². The minimum absolute atomic E-state index is 0.140. The Kier molecular flexibility index (Phi) is 6.78. The van der Waals surface area contributed by atoms with Crippen LogP contribution in [0.4, 0.5) is 10.1 Å². The molecule has 1 fully saturated rings. The van der Waals surface area contributed by atoms with Crippen LogP contribution in [0.2, 0.25) is 5.02 Å². The van der Waals surface area contributed by atoms with Crippen molar-refractivity contribution in [3.63, 3.8) is 0 Å². The molecule has 2 aliphatic rings. The summed E-state index contributed by atoms with van der Waals surface area (Å²) < 4.78 is 43.2. The highest BCUT2D eigenvalue weighted by atomic mass is 35.5. The van der Waals surface area contributed by atoms with Gasteiger partial charge in [-0.05, 0) is 42.7 Å². The predicted octanol–water partition coefficient (Wildman–Crippen LogP) is 3.94. The Morgan fingerprint density at radius 3 is 2.56 bits per heavy atom. The SMILES string of the molecule is CN=C(NS(=O)(=O)N1CCCC(F)C1)C1=NN(c2ccc(Cl)cc2)C(c2ccccc2)C1. The van der Waals surface area contributed by atoms with Crippen LogP contribution in [0.3, 0.4) is 0 Å². The summed E-state index contributed by atoms with van der Waals surface area (Å²) in [6.07, 6.45) is 0.159. The fourth-order valence-corrected chi connectivity index (χ4v) is 5.39. The van der Waals surface area contributed by atoms with Crippen molar-refractivity contribution < 1.29 is 12.8 Å². The summed E-state index contributed by atoms with van der Waals surface area (Å²) >= 11 is 6.05. The van der Waals surface area contributed by atoms with Gasteiger partial charge in [0, 0.05) is 31.6 Å². The summed E-state index contributed by atoms with van der Waals surface area (Å²) in [5.74, 6) is 0.156. The first-order valence-corrected chi connectivity index (χ1v) is 12.3. The van der Waals surface area contributed by atoms with E-state index in [1.165, 1.54) is 7.05 Å². The van der Waals surface area contributed by atoms with Crippen LogP contribution >= 0.6 is 11.6 Å². The highest BCUT2D eigenvalue weighted by Crippen LogP contribution is 2.35. The molecule has 0 saturated carbocycles. The number of benzene rings is 2. The van der Waals surface area contributed by atoms with Gasteiger partial charge in [-0.25, -0.2) is 4.39 Å². The van der Waals surface area contributed by atoms with Crippen molar-refractivity contribution in [3.8, 4) is 0 Å². The molecule has 2 aromatic rings. The van der Waals surface area contributed by atoms with E-state index in [-0.39, 0.29) is 25.0 Å². The lowest BCUT2D eigenvalue weighted by Gasteiger charge is -2.28. The van der Waals surface area contributed by atoms with Gasteiger partial charge >= 0.3 is 10.2 Å². The lowest BCUT2D eigenvalue weighted by atomic mass is 10.0. The number of alkyl halides is 1. The third-order valence-electron chi connectivity index (χ3n) is 5.58. The molecule has 2 aliphatic heterocycles. The number of anilines is 1. The molecule has 0 bridgehead atoms. The second-order valence-electron chi connectivity index (χ2n) is 7.78. The number of hydrazone groups is 1. The number of hydrogen-bond donors (Lipinski definition) is 1. The van der Waals surface area contributed by atoms with Crippen LogP contribution in [0.1, 0.15) is 30.9 Å². The third kappa shape index (κ3) is 4.95. The molecule has 0 radical (unpaired) electrons. The average Bonchev–Trinajstić information content (AvgIpc) is 3.24. The van der Waals surface area contributed by atoms with E-state index < -0.39 is 16.4 Å². The van der Waals surface area contributed by atoms with Crippen molar-refractivity contribution >= 4 is 39.0 Å². The standard InChI is InChI=1S/C22H25ClFN5O2S/c1-25-22(27-32(30,31)28-13-5-8-18(24)15-28)20-14-21(16-6-3-2-4-7-16)29(26-20)19-11-9-17(23)10-12-19/h2-4,6-7,9-12,18,21H,5,8,13-15H2,1H3,(H,25,27). The first-order chi connectivity index (χ1) is 15.4. The molecule has 0 spiro atoms. The fourth-order valence-electron chi connectivity index (χ4n) is 3.95. The second kappa shape index (κ2) is 9.56. The molecule has 0 amide bonds. The normalized spacial score (nSPS) is 22.7. The molecule has 10 heteroatoms. The Bertz CT molecular complexity index is 1110. The van der Waals surface area contributed by atoms with Gasteiger partial charge in [0.05, 0.1) is 11.7 Å². The van der Waals surface area contributed by atoms with Gasteiger partial charge in [-0.2, -0.15) is 17.8 Å². The van der Waals surface area contributed by atoms with Crippen molar-refractivity contribution in [3.05, 3.63) is 65.2 Å². The van der Waals surface area contributed by atoms with Crippen LogP contribution in [0, 0.1) is 0 Å². The van der Waals surface area contributed by atoms with Crippen LogP contribution in [0.25, 0.3) is 0 Å². The van der Waals surface area contributed by atoms with Gasteiger partial charge in [0.15, 0.2) is 5.84 Å². The van der Waals surface area contributed by atoms with Gasteiger partial charge in [-0.1, -0.05) is 41.9 Å². The Morgan fingerprint density at radius 2 is 1.91 bits per heavy atom. The number of hydrogen-bond acceptors (Lipinski definition) is 5. The summed E-state index contributed by atoms with van der Waals surface area (Å²) in [5, 5.41) is 7.18. The second-order valence-corrected chi connectivity index (χ2v) is 9.88. The first kappa shape index (κ1) is 22.7. The van der Waals surface area contributed by atoms with Crippen LogP contribution in [-0.4, -0.2) is 50.6 Å². The van der Waals surface area contributed by atoms with Crippen molar-refractivity contribution in [2.75, 3.05) is 25.1 Å². The molecule has 7 nitrogen and oxygen atoms in total. The maximum atomic E-state index is 13.8. The quantitative estimate of drug-likeness (QED) is 0.523. The average molecular weight is 478 g/mol. The topological polar surface area (TPSA) is 77.4 Å². The summed E-state index contributed by atoms with van der Waals surface area (Å²) in [6, 6.07) is 17.0. The van der Waals surface area contributed by atoms with Gasteiger partial charge < -0.3 is 0 Å². The molecule has 2 heterocycles. The maximum absolute atomic E-state index is 13.8. The zero-order valence-electron chi connectivity index (χ0n) is 17.7. The monoisotopic (exact) mass is 477 g/mol. The van der Waals surface area contributed by atoms with Crippen molar-refractivity contribution in [2.45, 2.75) is 31.5 Å². The molecule has 32 heavy (non-hydrogen) atoms. The molecular formula is C22H25ClFN5O2S. The molecule has 170 valence electrons. The molecule has 0 aliphatic carbocycles. The van der Waals surface area contributed by atoms with E-state index in [9.17, 15) is 12.8 Å². The van der Waals surface area contributed by atoms with E-state index >= 15 is 0 Å². The zero-order chi connectivity index (χ0) is 22.7. The number of nitrogens with one attached hydrogen (secondary N) is 1. The molecule has 2 atom stereocenters. The molecule has 4 rings (SSSR count). The lowest BCUT2D eigenvalue weighted by molar-refractivity contribution is 0.202. The van der Waals surface area contributed by atoms with Gasteiger partial charge in [-0.15, -0.1) is 0 Å². The van der Waals surface area contributed by atoms with Crippen molar-refractivity contribution in [1.82, 2.24) is 9.03 Å². The number of aliphatic imine (C=N–C) groups is 1. The van der Waals surface area contributed by atoms with Crippen molar-refractivity contribution in [2.24, 2.45) is 10.1 Å². The summed E-state index contributed by atoms with van der Waals surface area (Å²) in [6.45, 7) is 0.130. The van der Waals surface area contributed by atoms with Crippen LogP contribution in [0.5, 0.6) is 0 Å². The fraction of sp³-hybridized carbons (Fsp3) is 0.364. The minimum Gasteiger partial charge on any atom is -0.270 e. The van der Waals surface area contributed by atoms with E-state index in [0.29, 0.717) is 30.0 Å². The summed E-state index contributed by atoms with van der Waals surface area (Å²) in [7, 11) is -2.43. The van der Waals surface area contributed by atoms with E-state index in [0.717, 1.165) is 15.6 Å². The largest absolute Gasteiger partial charge is 0.302 e. The van der Waals surface area contributed by atoms with E-state index in [2.05, 4.69) is 9.71 Å². The first-order valence-electron chi connectivity index (χ1n) is 10.4. The predicted molar refractivity (Wildman–Crippen MR) is 126 cm³/mol. The van der Waals surface area contributed by atoms with Gasteiger partial charge in [0.2, 0.25) is 0 Å². The number of piperidine rings is 1. The van der Waals surface area contributed by atoms with Gasteiger partial charge in [0.25, 0.3) is 0 Å². The molecule has 2 aromatic carbocycles. The molecular weight excluding hydrogens is 453 g/mol. The van der Waals surface area contributed by atoms with Crippen LogP contribution < -0.4 is 9.73 Å². The Morgan fingerprint density at radius 1 is 1.19 bits per heavy atom. The van der Waals surface area contributed by atoms with E-state index in [1.54, 1.807) is 12.1 Å². The van der Waals surface area contributed by atoms with Gasteiger partial charge in [-0.3, -0.25) is 14.7 Å². The highest BCUT2D eigenvalue weighted by molar-refractivity contribution is 7.87. The molecule has 1 saturated heterocycles. The maximum Gasteiger partial charge on any atom is 0.302 e. The Hall–Kier alpha value is -2.49. The molecule has 1 N–H and O–H groups in total. The minimum atomic E-state index is -3.94. The number of rotatable bonds is 5.